The van der Waals surface area contributed by atoms with Crippen LogP contribution in [0.25, 0.3) is 22.0 Å². The molecule has 1 aliphatic heterocycles. The van der Waals surface area contributed by atoms with Gasteiger partial charge in [-0.05, 0) is 55.7 Å². The molecule has 1 fully saturated rings. The molecule has 162 valence electrons. The minimum Gasteiger partial charge on any atom is -0.357 e. The van der Waals surface area contributed by atoms with E-state index in [0.29, 0.717) is 5.69 Å². The second-order valence-electron chi connectivity index (χ2n) is 7.42. The number of ketones is 1. The third-order valence-corrected chi connectivity index (χ3v) is 5.39. The van der Waals surface area contributed by atoms with E-state index in [1.165, 1.54) is 6.07 Å². The molecule has 0 unspecified atom stereocenters. The van der Waals surface area contributed by atoms with Crippen molar-refractivity contribution < 1.29 is 18.5 Å². The van der Waals surface area contributed by atoms with Crippen LogP contribution in [-0.4, -0.2) is 38.3 Å². The summed E-state index contributed by atoms with van der Waals surface area (Å²) in [6.45, 7) is -4.87. The minimum atomic E-state index is -3.55. The van der Waals surface area contributed by atoms with E-state index >= 15 is 0 Å². The highest BCUT2D eigenvalue weighted by molar-refractivity contribution is 5.98. The molecule has 0 spiro atoms. The first-order chi connectivity index (χ1) is 19.3. The monoisotopic (exact) mass is 435 g/mol. The van der Waals surface area contributed by atoms with Gasteiger partial charge < -0.3 is 9.47 Å². The van der Waals surface area contributed by atoms with Gasteiger partial charge >= 0.3 is 0 Å². The Morgan fingerprint density at radius 3 is 2.62 bits per heavy atom. The lowest BCUT2D eigenvalue weighted by molar-refractivity contribution is 0.0992. The number of carbonyl (C=O) groups is 1. The first-order valence-corrected chi connectivity index (χ1v) is 10.0. The maximum Gasteiger partial charge on any atom is 0.169 e. The number of piperidine rings is 1. The SMILES string of the molecule is [2H]C1([2H])N(c2cc(C(=O)Cc3cc4cc(-c5cnc(C)n5C)ccc4cn3)ccn2)C([2H])([2H])C([2H])([2H])C([2H])([2H])C1([2H])[2H]. The van der Waals surface area contributed by atoms with E-state index in [1.807, 2.05) is 36.7 Å². The van der Waals surface area contributed by atoms with Gasteiger partial charge in [0.05, 0.1) is 18.3 Å². The Labute approximate surface area is 202 Å². The second-order valence-corrected chi connectivity index (χ2v) is 7.42. The van der Waals surface area contributed by atoms with E-state index < -0.39 is 43.7 Å². The van der Waals surface area contributed by atoms with Crippen LogP contribution >= 0.6 is 0 Å². The van der Waals surface area contributed by atoms with Gasteiger partial charge in [0.15, 0.2) is 5.78 Å². The molecule has 0 aliphatic carbocycles. The molecular weight excluding hydrogens is 398 g/mol. The molecule has 32 heavy (non-hydrogen) atoms. The van der Waals surface area contributed by atoms with Crippen molar-refractivity contribution in [1.29, 1.82) is 0 Å². The summed E-state index contributed by atoms with van der Waals surface area (Å²) >= 11 is 0. The number of rotatable bonds is 5. The highest BCUT2D eigenvalue weighted by Gasteiger charge is 2.15. The molecule has 6 nitrogen and oxygen atoms in total. The quantitative estimate of drug-likeness (QED) is 0.423. The molecule has 0 radical (unpaired) electrons. The molecule has 0 atom stereocenters. The van der Waals surface area contributed by atoms with Crippen LogP contribution in [0.4, 0.5) is 5.82 Å². The van der Waals surface area contributed by atoms with E-state index in [9.17, 15) is 4.79 Å². The predicted molar refractivity (Wildman–Crippen MR) is 127 cm³/mol. The van der Waals surface area contributed by atoms with Crippen LogP contribution in [0.3, 0.4) is 0 Å². The molecular formula is C26H27N5O. The number of carbonyl (C=O) groups excluding carboxylic acids is 1. The molecule has 1 aromatic carbocycles. The number of hydrogen-bond acceptors (Lipinski definition) is 5. The zero-order valence-electron chi connectivity index (χ0n) is 27.5. The number of nitrogens with zero attached hydrogens (tertiary/aromatic N) is 5. The number of aromatic nitrogens is 4. The number of benzene rings is 1. The van der Waals surface area contributed by atoms with Crippen LogP contribution in [-0.2, 0) is 13.5 Å². The average molecular weight is 436 g/mol. The summed E-state index contributed by atoms with van der Waals surface area (Å²) < 4.78 is 84.0. The lowest BCUT2D eigenvalue weighted by atomic mass is 10.0. The number of anilines is 1. The van der Waals surface area contributed by atoms with Gasteiger partial charge in [-0.15, -0.1) is 0 Å². The van der Waals surface area contributed by atoms with Crippen molar-refractivity contribution in [2.45, 2.75) is 32.5 Å². The van der Waals surface area contributed by atoms with Crippen molar-refractivity contribution in [2.75, 3.05) is 17.9 Å². The summed E-state index contributed by atoms with van der Waals surface area (Å²) in [4.78, 5) is 26.1. The first-order valence-electron chi connectivity index (χ1n) is 15.0. The average Bonchev–Trinajstić information content (AvgIpc) is 3.25. The number of Topliss-reactive ketones (excluding diaryl/α,β-unsaturated/α-hetero) is 1. The number of fused-ring (bicyclic) bond motifs is 1. The van der Waals surface area contributed by atoms with Gasteiger partial charge in [0.25, 0.3) is 0 Å². The lowest BCUT2D eigenvalue weighted by Crippen LogP contribution is -2.30. The molecule has 4 heterocycles. The number of pyridine rings is 2. The summed E-state index contributed by atoms with van der Waals surface area (Å²) in [7, 11) is 1.92. The zero-order valence-corrected chi connectivity index (χ0v) is 17.5. The highest BCUT2D eigenvalue weighted by Crippen LogP contribution is 2.25. The molecule has 4 aromatic rings. The van der Waals surface area contributed by atoms with Crippen molar-refractivity contribution in [1.82, 2.24) is 19.5 Å². The van der Waals surface area contributed by atoms with Gasteiger partial charge in [-0.1, -0.05) is 12.1 Å². The summed E-state index contributed by atoms with van der Waals surface area (Å²) in [5.74, 6) is -0.162. The largest absolute Gasteiger partial charge is 0.357 e. The Balaban J connectivity index is 1.48. The summed E-state index contributed by atoms with van der Waals surface area (Å²) in [5.41, 5.74) is 2.28. The molecule has 0 saturated carbocycles. The first kappa shape index (κ1) is 11.9. The summed E-state index contributed by atoms with van der Waals surface area (Å²) in [6.07, 6.45) is -6.19. The molecule has 0 amide bonds. The smallest absolute Gasteiger partial charge is 0.169 e. The lowest BCUT2D eigenvalue weighted by Gasteiger charge is -2.27. The van der Waals surface area contributed by atoms with Crippen molar-refractivity contribution >= 4 is 22.4 Å². The van der Waals surface area contributed by atoms with Gasteiger partial charge in [-0.3, -0.25) is 9.78 Å². The van der Waals surface area contributed by atoms with Crippen LogP contribution in [0, 0.1) is 6.92 Å². The van der Waals surface area contributed by atoms with Crippen molar-refractivity contribution in [2.24, 2.45) is 7.05 Å². The van der Waals surface area contributed by atoms with Gasteiger partial charge in [-0.2, -0.15) is 0 Å². The van der Waals surface area contributed by atoms with Gasteiger partial charge in [-0.25, -0.2) is 9.97 Å². The second kappa shape index (κ2) is 8.54. The van der Waals surface area contributed by atoms with Crippen LogP contribution in [0.15, 0.2) is 55.0 Å². The van der Waals surface area contributed by atoms with Gasteiger partial charge in [0, 0.05) is 68.3 Å². The highest BCUT2D eigenvalue weighted by atomic mass is 16.1. The zero-order chi connectivity index (χ0) is 31.0. The maximum absolute atomic E-state index is 13.3. The molecule has 1 saturated heterocycles. The molecule has 1 aliphatic rings. The molecule has 5 rings (SSSR count). The fourth-order valence-corrected chi connectivity index (χ4v) is 3.53. The Morgan fingerprint density at radius 2 is 1.84 bits per heavy atom. The fraction of sp³-hybridized carbons (Fsp3) is 0.308. The van der Waals surface area contributed by atoms with Crippen LogP contribution in [0.5, 0.6) is 0 Å². The standard InChI is InChI=1S/C26H27N5O/c1-18-28-17-24(30(18)2)19-6-7-21-16-29-23(13-22(21)12-19)15-25(32)20-8-9-27-26(14-20)31-10-4-3-5-11-31/h6-9,12-14,16-17H,3-5,10-11,15H2,1-2H3/i3D2,4D2,5D2,10D2,11D2. The fourth-order valence-electron chi connectivity index (χ4n) is 3.53. The van der Waals surface area contributed by atoms with E-state index in [0.717, 1.165) is 40.1 Å². The molecule has 0 N–H and O–H groups in total. The predicted octanol–water partition coefficient (Wildman–Crippen LogP) is 4.75. The normalized spacial score (nSPS) is 26.6. The Morgan fingerprint density at radius 1 is 1.00 bits per heavy atom. The molecule has 6 heteroatoms. The third-order valence-electron chi connectivity index (χ3n) is 5.39. The Bertz CT molecular complexity index is 1690. The summed E-state index contributed by atoms with van der Waals surface area (Å²) in [6, 6.07) is 9.99. The topological polar surface area (TPSA) is 63.9 Å². The number of imidazole rings is 1. The van der Waals surface area contributed by atoms with Crippen molar-refractivity contribution in [3.8, 4) is 11.3 Å². The van der Waals surface area contributed by atoms with E-state index in [-0.39, 0.29) is 16.9 Å². The van der Waals surface area contributed by atoms with E-state index in [4.69, 9.17) is 13.7 Å². The van der Waals surface area contributed by atoms with Crippen molar-refractivity contribution in [3.05, 3.63) is 72.1 Å². The summed E-state index contributed by atoms with van der Waals surface area (Å²) in [5, 5.41) is 1.70. The van der Waals surface area contributed by atoms with Crippen molar-refractivity contribution in [3.63, 3.8) is 0 Å². The van der Waals surface area contributed by atoms with Crippen LogP contribution in [0.1, 0.15) is 54.7 Å². The molecule has 0 bridgehead atoms. The van der Waals surface area contributed by atoms with Crippen LogP contribution in [0.2, 0.25) is 0 Å². The maximum atomic E-state index is 13.3. The Hall–Kier alpha value is -3.54. The van der Waals surface area contributed by atoms with Gasteiger partial charge in [0.2, 0.25) is 0 Å². The van der Waals surface area contributed by atoms with Gasteiger partial charge in [0.1, 0.15) is 11.6 Å². The van der Waals surface area contributed by atoms with E-state index in [1.54, 1.807) is 18.5 Å². The van der Waals surface area contributed by atoms with Crippen LogP contribution < -0.4 is 4.90 Å². The number of hydrogen-bond donors (Lipinski definition) is 0. The minimum absolute atomic E-state index is 0.0117. The number of aryl methyl sites for hydroxylation is 1. The van der Waals surface area contributed by atoms with E-state index in [2.05, 4.69) is 15.0 Å². The Kier molecular flexibility index (Phi) is 3.18. The third kappa shape index (κ3) is 4.00. The molecule has 3 aromatic heterocycles.